The molecule has 4 rings (SSSR count). The van der Waals surface area contributed by atoms with Crippen LogP contribution in [-0.2, 0) is 24.8 Å². The number of alkyl halides is 4. The van der Waals surface area contributed by atoms with E-state index in [1.807, 2.05) is 13.8 Å². The van der Waals surface area contributed by atoms with Gasteiger partial charge in [-0.3, -0.25) is 23.9 Å². The summed E-state index contributed by atoms with van der Waals surface area (Å²) in [5, 5.41) is 8.73. The fourth-order valence-electron chi connectivity index (χ4n) is 5.53. The molecule has 38 heavy (non-hydrogen) atoms. The van der Waals surface area contributed by atoms with Gasteiger partial charge in [0.15, 0.2) is 22.9 Å². The lowest BCUT2D eigenvalue weighted by molar-refractivity contribution is -0.321. The zero-order valence-corrected chi connectivity index (χ0v) is 21.4. The Hall–Kier alpha value is -3.03. The van der Waals surface area contributed by atoms with Gasteiger partial charge in [-0.1, -0.05) is 19.0 Å². The van der Waals surface area contributed by atoms with Gasteiger partial charge in [0, 0.05) is 25.1 Å². The highest BCUT2D eigenvalue weighted by atomic mass is 19.4. The zero-order valence-electron chi connectivity index (χ0n) is 21.4. The van der Waals surface area contributed by atoms with E-state index in [-0.39, 0.29) is 47.6 Å². The Kier molecular flexibility index (Phi) is 7.08. The summed E-state index contributed by atoms with van der Waals surface area (Å²) in [6.45, 7) is 5.51. The van der Waals surface area contributed by atoms with Crippen LogP contribution in [0, 0.1) is 23.2 Å². The van der Waals surface area contributed by atoms with Gasteiger partial charge >= 0.3 is 6.36 Å². The second-order valence-corrected chi connectivity index (χ2v) is 11.2. The van der Waals surface area contributed by atoms with Gasteiger partial charge in [0.1, 0.15) is 12.6 Å². The molecular formula is C24H30F4N4O6. The van der Waals surface area contributed by atoms with Crippen molar-refractivity contribution in [3.8, 4) is 0 Å². The smallest absolute Gasteiger partial charge is 0.357 e. The molecule has 0 radical (unpaired) electrons. The number of rotatable bonds is 9. The molecule has 1 saturated carbocycles. The largest absolute Gasteiger partial charge is 0.522 e. The standard InChI is InChI=1S/C24H30F4N4O6/c1-22(2)12-9-32(21(36)14-8-16(38-31-14)23(3,4)25)18(17(12)22)20(35)30-13(7-11-5-6-29-19(11)34)15(33)10-37-24(26,27)28/h8,11-13,17-18H,5-7,9-10H2,1-4H3,(H,29,34)(H,30,35)/t11-,12-,13-,17-,18-/m0/s1. The average molecular weight is 547 g/mol. The molecule has 2 aliphatic heterocycles. The molecule has 2 saturated heterocycles. The first kappa shape index (κ1) is 28.0. The van der Waals surface area contributed by atoms with Gasteiger partial charge in [-0.2, -0.15) is 0 Å². The third-order valence-electron chi connectivity index (χ3n) is 7.82. The van der Waals surface area contributed by atoms with Crippen LogP contribution in [0.3, 0.4) is 0 Å². The average Bonchev–Trinajstić information content (AvgIpc) is 3.35. The van der Waals surface area contributed by atoms with Gasteiger partial charge in [0.05, 0.1) is 6.04 Å². The maximum atomic E-state index is 14.2. The van der Waals surface area contributed by atoms with Crippen LogP contribution < -0.4 is 10.6 Å². The third-order valence-corrected chi connectivity index (χ3v) is 7.82. The Morgan fingerprint density at radius 1 is 1.29 bits per heavy atom. The Labute approximate surface area is 215 Å². The molecule has 3 heterocycles. The van der Waals surface area contributed by atoms with E-state index in [0.717, 1.165) is 6.07 Å². The van der Waals surface area contributed by atoms with Crippen molar-refractivity contribution < 1.29 is 46.0 Å². The van der Waals surface area contributed by atoms with E-state index >= 15 is 0 Å². The molecule has 3 amide bonds. The molecular weight excluding hydrogens is 516 g/mol. The van der Waals surface area contributed by atoms with Crippen molar-refractivity contribution in [1.82, 2.24) is 20.7 Å². The molecule has 1 aromatic heterocycles. The second-order valence-electron chi connectivity index (χ2n) is 11.2. The van der Waals surface area contributed by atoms with Crippen molar-refractivity contribution in [1.29, 1.82) is 0 Å². The molecule has 1 aromatic rings. The summed E-state index contributed by atoms with van der Waals surface area (Å²) in [5.74, 6) is -4.02. The highest BCUT2D eigenvalue weighted by Gasteiger charge is 2.69. The number of piperidine rings is 1. The van der Waals surface area contributed by atoms with Gasteiger partial charge in [0.2, 0.25) is 11.8 Å². The number of carbonyl (C=O) groups excluding carboxylic acids is 4. The first-order chi connectivity index (χ1) is 17.5. The van der Waals surface area contributed by atoms with E-state index in [1.165, 1.54) is 18.7 Å². The number of Topliss-reactive ketones (excluding diaryl/α,β-unsaturated/α-hetero) is 1. The Bertz CT molecular complexity index is 1130. The summed E-state index contributed by atoms with van der Waals surface area (Å²) in [6, 6.07) is -1.34. The highest BCUT2D eigenvalue weighted by molar-refractivity contribution is 5.99. The molecule has 5 atom stereocenters. The minimum absolute atomic E-state index is 0.0467. The van der Waals surface area contributed by atoms with Crippen molar-refractivity contribution in [2.24, 2.45) is 23.2 Å². The Morgan fingerprint density at radius 3 is 2.53 bits per heavy atom. The van der Waals surface area contributed by atoms with Gasteiger partial charge < -0.3 is 20.1 Å². The zero-order chi connectivity index (χ0) is 28.2. The number of ketones is 1. The number of aromatic nitrogens is 1. The lowest BCUT2D eigenvalue weighted by Gasteiger charge is -2.31. The summed E-state index contributed by atoms with van der Waals surface area (Å²) in [4.78, 5) is 52.8. The van der Waals surface area contributed by atoms with Crippen LogP contribution in [-0.4, -0.2) is 71.7 Å². The van der Waals surface area contributed by atoms with E-state index in [2.05, 4.69) is 20.5 Å². The topological polar surface area (TPSA) is 131 Å². The fourth-order valence-corrected chi connectivity index (χ4v) is 5.53. The number of halogens is 4. The van der Waals surface area contributed by atoms with Crippen LogP contribution in [0.5, 0.6) is 0 Å². The summed E-state index contributed by atoms with van der Waals surface area (Å²) >= 11 is 0. The number of amides is 3. The van der Waals surface area contributed by atoms with Crippen LogP contribution in [0.2, 0.25) is 0 Å². The van der Waals surface area contributed by atoms with Crippen molar-refractivity contribution in [2.45, 2.75) is 64.7 Å². The molecule has 14 heteroatoms. The van der Waals surface area contributed by atoms with Crippen LogP contribution in [0.1, 0.15) is 56.8 Å². The fraction of sp³-hybridized carbons (Fsp3) is 0.708. The molecule has 3 aliphatic rings. The SMILES string of the molecule is CC(C)(F)c1cc(C(=O)N2C[C@H]3[C@@H]([C@H]2C(=O)N[C@@H](C[C@@H]2CCNC2=O)C(=O)COC(F)(F)F)C3(C)C)no1. The van der Waals surface area contributed by atoms with E-state index in [9.17, 15) is 36.7 Å². The maximum Gasteiger partial charge on any atom is 0.522 e. The molecule has 0 aromatic carbocycles. The molecule has 2 N–H and O–H groups in total. The van der Waals surface area contributed by atoms with Crippen LogP contribution >= 0.6 is 0 Å². The van der Waals surface area contributed by atoms with Gasteiger partial charge in [0.25, 0.3) is 5.91 Å². The molecule has 3 fully saturated rings. The van der Waals surface area contributed by atoms with Crippen LogP contribution in [0.25, 0.3) is 0 Å². The third kappa shape index (κ3) is 5.54. The maximum absolute atomic E-state index is 14.2. The number of hydrogen-bond acceptors (Lipinski definition) is 7. The van der Waals surface area contributed by atoms with Crippen LogP contribution in [0.4, 0.5) is 17.6 Å². The summed E-state index contributed by atoms with van der Waals surface area (Å²) in [6.07, 6.45) is -4.92. The summed E-state index contributed by atoms with van der Waals surface area (Å²) in [7, 11) is 0. The number of ether oxygens (including phenoxy) is 1. The van der Waals surface area contributed by atoms with E-state index in [4.69, 9.17) is 4.52 Å². The minimum Gasteiger partial charge on any atom is -0.357 e. The quantitative estimate of drug-likeness (QED) is 0.454. The van der Waals surface area contributed by atoms with E-state index in [0.29, 0.717) is 13.0 Å². The van der Waals surface area contributed by atoms with Crippen molar-refractivity contribution >= 4 is 23.5 Å². The van der Waals surface area contributed by atoms with E-state index < -0.39 is 54.2 Å². The Balaban J connectivity index is 1.54. The number of nitrogens with one attached hydrogen (secondary N) is 2. The van der Waals surface area contributed by atoms with Crippen molar-refractivity contribution in [2.75, 3.05) is 19.7 Å². The lowest BCUT2D eigenvalue weighted by Crippen LogP contribution is -2.54. The first-order valence-corrected chi connectivity index (χ1v) is 12.3. The van der Waals surface area contributed by atoms with Gasteiger partial charge in [-0.05, 0) is 43.9 Å². The number of carbonyl (C=O) groups is 4. The lowest BCUT2D eigenvalue weighted by atomic mass is 9.94. The van der Waals surface area contributed by atoms with E-state index in [1.54, 1.807) is 0 Å². The molecule has 0 spiro atoms. The summed E-state index contributed by atoms with van der Waals surface area (Å²) < 4.78 is 60.6. The molecule has 1 aliphatic carbocycles. The Morgan fingerprint density at radius 2 is 1.97 bits per heavy atom. The molecule has 0 unspecified atom stereocenters. The van der Waals surface area contributed by atoms with Gasteiger partial charge in [-0.25, -0.2) is 4.39 Å². The highest BCUT2D eigenvalue weighted by Crippen LogP contribution is 2.65. The number of fused-ring (bicyclic) bond motifs is 1. The predicted molar refractivity (Wildman–Crippen MR) is 121 cm³/mol. The summed E-state index contributed by atoms with van der Waals surface area (Å²) in [5.41, 5.74) is -2.40. The monoisotopic (exact) mass is 546 g/mol. The molecule has 210 valence electrons. The number of nitrogens with zero attached hydrogens (tertiary/aromatic N) is 2. The van der Waals surface area contributed by atoms with Crippen molar-refractivity contribution in [3.05, 3.63) is 17.5 Å². The normalized spacial score (nSPS) is 27.1. The minimum atomic E-state index is -5.06. The first-order valence-electron chi connectivity index (χ1n) is 12.3. The van der Waals surface area contributed by atoms with Crippen LogP contribution in [0.15, 0.2) is 10.6 Å². The van der Waals surface area contributed by atoms with Crippen molar-refractivity contribution in [3.63, 3.8) is 0 Å². The second kappa shape index (κ2) is 9.62. The molecule has 0 bridgehead atoms. The van der Waals surface area contributed by atoms with Gasteiger partial charge in [-0.15, -0.1) is 13.2 Å². The number of likely N-dealkylation sites (tertiary alicyclic amines) is 1. The molecule has 10 nitrogen and oxygen atoms in total. The number of hydrogen-bond donors (Lipinski definition) is 2. The predicted octanol–water partition coefficient (Wildman–Crippen LogP) is 2.09.